The highest BCUT2D eigenvalue weighted by Gasteiger charge is 2.13. The Morgan fingerprint density at radius 3 is 2.62 bits per heavy atom. The second kappa shape index (κ2) is 5.77. The Hall–Kier alpha value is -3.21. The van der Waals surface area contributed by atoms with Crippen LogP contribution < -0.4 is 11.2 Å². The monoisotopic (exact) mass is 324 g/mol. The van der Waals surface area contributed by atoms with Crippen molar-refractivity contribution in [3.8, 4) is 6.07 Å². The molecule has 0 unspecified atom stereocenters. The first-order valence-corrected chi connectivity index (χ1v) is 7.51. The zero-order valence-corrected chi connectivity index (χ0v) is 13.6. The number of nitrogens with zero attached hydrogens (tertiary/aromatic N) is 6. The van der Waals surface area contributed by atoms with Gasteiger partial charge in [-0.05, 0) is 26.8 Å². The third-order valence-corrected chi connectivity index (χ3v) is 3.83. The first kappa shape index (κ1) is 15.7. The maximum Gasteiger partial charge on any atom is 0.331 e. The van der Waals surface area contributed by atoms with Crippen LogP contribution in [-0.4, -0.2) is 23.5 Å². The van der Waals surface area contributed by atoms with Crippen LogP contribution in [0, 0.1) is 25.2 Å². The molecular formula is C16H16N6O2. The number of rotatable bonds is 3. The van der Waals surface area contributed by atoms with Crippen LogP contribution in [-0.2, 0) is 13.1 Å². The van der Waals surface area contributed by atoms with Crippen molar-refractivity contribution in [3.05, 3.63) is 61.9 Å². The molecule has 0 radical (unpaired) electrons. The van der Waals surface area contributed by atoms with Crippen LogP contribution in [0.4, 0.5) is 0 Å². The van der Waals surface area contributed by atoms with E-state index in [2.05, 4.69) is 9.97 Å². The molecule has 0 aliphatic heterocycles. The summed E-state index contributed by atoms with van der Waals surface area (Å²) >= 11 is 0. The minimum Gasteiger partial charge on any atom is -0.299 e. The summed E-state index contributed by atoms with van der Waals surface area (Å²) in [5.74, 6) is 0.516. The van der Waals surface area contributed by atoms with E-state index in [0.29, 0.717) is 18.0 Å². The fraction of sp³-hybridized carbons (Fsp3) is 0.312. The van der Waals surface area contributed by atoms with Gasteiger partial charge in [0.25, 0.3) is 5.56 Å². The lowest BCUT2D eigenvalue weighted by molar-refractivity contribution is 0.593. The molecule has 0 spiro atoms. The molecule has 122 valence electrons. The van der Waals surface area contributed by atoms with Gasteiger partial charge in [-0.15, -0.1) is 0 Å². The van der Waals surface area contributed by atoms with Gasteiger partial charge in [0, 0.05) is 30.3 Å². The summed E-state index contributed by atoms with van der Waals surface area (Å²) < 4.78 is 4.18. The van der Waals surface area contributed by atoms with Gasteiger partial charge in [-0.2, -0.15) is 5.26 Å². The van der Waals surface area contributed by atoms with Crippen LogP contribution in [0.3, 0.4) is 0 Å². The average molecular weight is 324 g/mol. The first-order chi connectivity index (χ1) is 11.4. The standard InChI is InChI=1S/C16H16N6O2/c1-4-20-7-12(6-17)14(23)22(16(20)24)9-13-8-21-11(3)5-10(2)18-15(21)19-13/h5,7-8H,4,9H2,1-3H3. The van der Waals surface area contributed by atoms with Crippen molar-refractivity contribution in [2.45, 2.75) is 33.9 Å². The second-order valence-electron chi connectivity index (χ2n) is 5.56. The molecule has 3 aromatic rings. The minimum absolute atomic E-state index is 0.00493. The van der Waals surface area contributed by atoms with E-state index in [-0.39, 0.29) is 12.1 Å². The number of fused-ring (bicyclic) bond motifs is 1. The van der Waals surface area contributed by atoms with Crippen molar-refractivity contribution in [1.82, 2.24) is 23.5 Å². The lowest BCUT2D eigenvalue weighted by Crippen LogP contribution is -2.41. The molecule has 3 rings (SSSR count). The molecule has 8 nitrogen and oxygen atoms in total. The normalized spacial score (nSPS) is 10.9. The van der Waals surface area contributed by atoms with E-state index in [1.54, 1.807) is 17.5 Å². The molecule has 0 saturated carbocycles. The minimum atomic E-state index is -0.606. The summed E-state index contributed by atoms with van der Waals surface area (Å²) in [6, 6.07) is 3.76. The summed E-state index contributed by atoms with van der Waals surface area (Å²) in [6.07, 6.45) is 3.04. The van der Waals surface area contributed by atoms with E-state index < -0.39 is 11.2 Å². The summed E-state index contributed by atoms with van der Waals surface area (Å²) in [5.41, 5.74) is 1.21. The average Bonchev–Trinajstić information content (AvgIpc) is 2.94. The Morgan fingerprint density at radius 1 is 1.21 bits per heavy atom. The second-order valence-corrected chi connectivity index (χ2v) is 5.56. The van der Waals surface area contributed by atoms with Crippen LogP contribution in [0.2, 0.25) is 0 Å². The maximum atomic E-state index is 12.4. The van der Waals surface area contributed by atoms with E-state index in [1.807, 2.05) is 26.0 Å². The van der Waals surface area contributed by atoms with E-state index in [0.717, 1.165) is 16.0 Å². The largest absolute Gasteiger partial charge is 0.331 e. The molecule has 0 saturated heterocycles. The Kier molecular flexibility index (Phi) is 3.77. The SMILES string of the molecule is CCn1cc(C#N)c(=O)n(Cc2cn3c(C)cc(C)nc3n2)c1=O. The van der Waals surface area contributed by atoms with Gasteiger partial charge in [0.15, 0.2) is 0 Å². The van der Waals surface area contributed by atoms with E-state index >= 15 is 0 Å². The zero-order valence-electron chi connectivity index (χ0n) is 13.6. The van der Waals surface area contributed by atoms with Crippen LogP contribution in [0.15, 0.2) is 28.0 Å². The lowest BCUT2D eigenvalue weighted by atomic mass is 10.3. The molecule has 0 amide bonds. The molecular weight excluding hydrogens is 308 g/mol. The number of aryl methyl sites for hydroxylation is 3. The van der Waals surface area contributed by atoms with Crippen molar-refractivity contribution in [2.75, 3.05) is 0 Å². The number of hydrogen-bond donors (Lipinski definition) is 0. The highest BCUT2D eigenvalue weighted by Crippen LogP contribution is 2.08. The molecule has 0 aliphatic carbocycles. The zero-order chi connectivity index (χ0) is 17.4. The molecule has 0 aliphatic rings. The van der Waals surface area contributed by atoms with Crippen molar-refractivity contribution in [2.24, 2.45) is 0 Å². The van der Waals surface area contributed by atoms with Crippen LogP contribution in [0.5, 0.6) is 0 Å². The fourth-order valence-corrected chi connectivity index (χ4v) is 2.65. The Balaban J connectivity index is 2.16. The number of aromatic nitrogens is 5. The van der Waals surface area contributed by atoms with Gasteiger partial charge in [0.2, 0.25) is 5.78 Å². The highest BCUT2D eigenvalue weighted by atomic mass is 16.2. The van der Waals surface area contributed by atoms with Gasteiger partial charge in [0.1, 0.15) is 11.6 Å². The summed E-state index contributed by atoms with van der Waals surface area (Å²) in [6.45, 7) is 5.95. The van der Waals surface area contributed by atoms with Crippen molar-refractivity contribution >= 4 is 5.78 Å². The van der Waals surface area contributed by atoms with Crippen LogP contribution in [0.1, 0.15) is 29.6 Å². The molecule has 0 atom stereocenters. The van der Waals surface area contributed by atoms with Gasteiger partial charge in [-0.1, -0.05) is 0 Å². The van der Waals surface area contributed by atoms with Gasteiger partial charge in [-0.25, -0.2) is 14.8 Å². The maximum absolute atomic E-state index is 12.4. The molecule has 0 aromatic carbocycles. The Morgan fingerprint density at radius 2 is 1.96 bits per heavy atom. The molecule has 24 heavy (non-hydrogen) atoms. The molecule has 3 heterocycles. The third kappa shape index (κ3) is 2.50. The molecule has 8 heteroatoms. The van der Waals surface area contributed by atoms with E-state index in [9.17, 15) is 9.59 Å². The topological polar surface area (TPSA) is 98.0 Å². The predicted octanol–water partition coefficient (Wildman–Crippen LogP) is 0.609. The number of hydrogen-bond acceptors (Lipinski definition) is 5. The van der Waals surface area contributed by atoms with E-state index in [4.69, 9.17) is 5.26 Å². The van der Waals surface area contributed by atoms with Gasteiger partial charge in [-0.3, -0.25) is 18.3 Å². The van der Waals surface area contributed by atoms with Gasteiger partial charge in [0.05, 0.1) is 12.2 Å². The summed E-state index contributed by atoms with van der Waals surface area (Å²) in [7, 11) is 0. The lowest BCUT2D eigenvalue weighted by Gasteiger charge is -2.07. The number of imidazole rings is 1. The van der Waals surface area contributed by atoms with Gasteiger partial charge >= 0.3 is 5.69 Å². The Bertz CT molecular complexity index is 1100. The van der Waals surface area contributed by atoms with Crippen molar-refractivity contribution in [1.29, 1.82) is 5.26 Å². The van der Waals surface area contributed by atoms with Crippen LogP contribution in [0.25, 0.3) is 5.78 Å². The fourth-order valence-electron chi connectivity index (χ4n) is 2.65. The molecule has 3 aromatic heterocycles. The smallest absolute Gasteiger partial charge is 0.299 e. The Labute approximate surface area is 137 Å². The summed E-state index contributed by atoms with van der Waals surface area (Å²) in [4.78, 5) is 33.4. The van der Waals surface area contributed by atoms with Crippen LogP contribution >= 0.6 is 0 Å². The third-order valence-electron chi connectivity index (χ3n) is 3.83. The predicted molar refractivity (Wildman–Crippen MR) is 86.9 cm³/mol. The van der Waals surface area contributed by atoms with Crippen molar-refractivity contribution in [3.63, 3.8) is 0 Å². The van der Waals surface area contributed by atoms with E-state index in [1.165, 1.54) is 10.8 Å². The first-order valence-electron chi connectivity index (χ1n) is 7.51. The molecule has 0 fully saturated rings. The molecule has 0 bridgehead atoms. The highest BCUT2D eigenvalue weighted by molar-refractivity contribution is 5.35. The van der Waals surface area contributed by atoms with Gasteiger partial charge < -0.3 is 0 Å². The quantitative estimate of drug-likeness (QED) is 0.703. The molecule has 0 N–H and O–H groups in total. The van der Waals surface area contributed by atoms with Crippen molar-refractivity contribution < 1.29 is 0 Å². The number of nitriles is 1. The summed E-state index contributed by atoms with van der Waals surface area (Å²) in [5, 5.41) is 9.09.